The monoisotopic (exact) mass is 416 g/mol. The third-order valence-electron chi connectivity index (χ3n) is 3.20. The van der Waals surface area contributed by atoms with Gasteiger partial charge in [-0.05, 0) is 49.8 Å². The highest BCUT2D eigenvalue weighted by molar-refractivity contribution is 7.80. The van der Waals surface area contributed by atoms with Crippen LogP contribution < -0.4 is 15.4 Å². The SMILES string of the molecule is Cc1ccc(OCC(=O)NC(=S)Nc2cc(Cl)c(Cl)cc2Cl)c(C)c1. The molecule has 0 bridgehead atoms. The Kier molecular flexibility index (Phi) is 6.90. The lowest BCUT2D eigenvalue weighted by atomic mass is 10.1. The van der Waals surface area contributed by atoms with Gasteiger partial charge >= 0.3 is 0 Å². The van der Waals surface area contributed by atoms with Crippen molar-refractivity contribution in [3.63, 3.8) is 0 Å². The summed E-state index contributed by atoms with van der Waals surface area (Å²) < 4.78 is 5.50. The number of ether oxygens (including phenoxy) is 1. The van der Waals surface area contributed by atoms with Gasteiger partial charge in [-0.2, -0.15) is 0 Å². The Morgan fingerprint density at radius 1 is 1.08 bits per heavy atom. The number of benzene rings is 2. The highest BCUT2D eigenvalue weighted by Crippen LogP contribution is 2.32. The van der Waals surface area contributed by atoms with Crippen LogP contribution in [0.15, 0.2) is 30.3 Å². The number of hydrogen-bond donors (Lipinski definition) is 2. The van der Waals surface area contributed by atoms with Crippen LogP contribution in [0.3, 0.4) is 0 Å². The molecule has 8 heteroatoms. The molecule has 2 rings (SSSR count). The molecular weight excluding hydrogens is 403 g/mol. The van der Waals surface area contributed by atoms with Crippen molar-refractivity contribution in [1.82, 2.24) is 5.32 Å². The summed E-state index contributed by atoms with van der Waals surface area (Å²) in [5.74, 6) is 0.251. The molecule has 2 aromatic rings. The topological polar surface area (TPSA) is 50.4 Å². The van der Waals surface area contributed by atoms with Gasteiger partial charge < -0.3 is 10.1 Å². The van der Waals surface area contributed by atoms with Gasteiger partial charge in [0, 0.05) is 0 Å². The minimum absolute atomic E-state index is 0.0783. The van der Waals surface area contributed by atoms with Crippen LogP contribution >= 0.6 is 47.0 Å². The molecular formula is C17H15Cl3N2O2S. The fourth-order valence-electron chi connectivity index (χ4n) is 2.04. The van der Waals surface area contributed by atoms with E-state index in [1.165, 1.54) is 12.1 Å². The van der Waals surface area contributed by atoms with Gasteiger partial charge in [0.25, 0.3) is 5.91 Å². The summed E-state index contributed by atoms with van der Waals surface area (Å²) >= 11 is 22.9. The van der Waals surface area contributed by atoms with Crippen molar-refractivity contribution in [1.29, 1.82) is 0 Å². The third kappa shape index (κ3) is 5.75. The van der Waals surface area contributed by atoms with Gasteiger partial charge in [0.2, 0.25) is 0 Å². The maximum atomic E-state index is 12.0. The Balaban J connectivity index is 1.90. The van der Waals surface area contributed by atoms with Crippen LogP contribution in [0.1, 0.15) is 11.1 Å². The van der Waals surface area contributed by atoms with E-state index < -0.39 is 5.91 Å². The van der Waals surface area contributed by atoms with E-state index in [-0.39, 0.29) is 11.7 Å². The zero-order chi connectivity index (χ0) is 18.6. The molecule has 0 aliphatic heterocycles. The Hall–Kier alpha value is -1.53. The molecule has 0 atom stereocenters. The number of carbonyl (C=O) groups is 1. The number of aryl methyl sites for hydroxylation is 2. The van der Waals surface area contributed by atoms with E-state index in [1.807, 2.05) is 32.0 Å². The van der Waals surface area contributed by atoms with Crippen molar-refractivity contribution >= 4 is 63.7 Å². The van der Waals surface area contributed by atoms with E-state index in [2.05, 4.69) is 10.6 Å². The summed E-state index contributed by atoms with van der Waals surface area (Å²) in [4.78, 5) is 12.0. The third-order valence-corrected chi connectivity index (χ3v) is 4.44. The molecule has 0 heterocycles. The molecule has 0 fully saturated rings. The molecule has 4 nitrogen and oxygen atoms in total. The van der Waals surface area contributed by atoms with E-state index in [1.54, 1.807) is 0 Å². The molecule has 0 aliphatic rings. The standard InChI is InChI=1S/C17H15Cl3N2O2S/c1-9-3-4-15(10(2)5-9)24-8-16(23)22-17(25)21-14-7-12(19)11(18)6-13(14)20/h3-7H,8H2,1-2H3,(H2,21,22,23,25). The van der Waals surface area contributed by atoms with Gasteiger partial charge in [-0.25, -0.2) is 0 Å². The van der Waals surface area contributed by atoms with Crippen LogP contribution in [0.25, 0.3) is 0 Å². The van der Waals surface area contributed by atoms with Crippen molar-refractivity contribution in [3.8, 4) is 5.75 Å². The number of halogens is 3. The van der Waals surface area contributed by atoms with E-state index >= 15 is 0 Å². The molecule has 0 saturated heterocycles. The zero-order valence-electron chi connectivity index (χ0n) is 13.5. The van der Waals surface area contributed by atoms with Gasteiger partial charge in [0.1, 0.15) is 5.75 Å². The van der Waals surface area contributed by atoms with Crippen LogP contribution in [0.5, 0.6) is 5.75 Å². The second-order valence-corrected chi connectivity index (χ2v) is 6.94. The predicted molar refractivity (Wildman–Crippen MR) is 107 cm³/mol. The maximum Gasteiger partial charge on any atom is 0.264 e. The molecule has 25 heavy (non-hydrogen) atoms. The summed E-state index contributed by atoms with van der Waals surface area (Å²) in [5, 5.41) is 6.36. The highest BCUT2D eigenvalue weighted by atomic mass is 35.5. The van der Waals surface area contributed by atoms with Crippen LogP contribution in [0, 0.1) is 13.8 Å². The minimum atomic E-state index is -0.395. The summed E-state index contributed by atoms with van der Waals surface area (Å²) in [5.41, 5.74) is 2.52. The fraction of sp³-hybridized carbons (Fsp3) is 0.176. The normalized spacial score (nSPS) is 10.3. The number of carbonyl (C=O) groups excluding carboxylic acids is 1. The molecule has 0 unspecified atom stereocenters. The summed E-state index contributed by atoms with van der Waals surface area (Å²) in [6.07, 6.45) is 0. The molecule has 0 aliphatic carbocycles. The first kappa shape index (κ1) is 19.8. The first-order valence-electron chi connectivity index (χ1n) is 7.21. The van der Waals surface area contributed by atoms with Crippen LogP contribution in [-0.4, -0.2) is 17.6 Å². The van der Waals surface area contributed by atoms with Gasteiger partial charge in [0.05, 0.1) is 20.8 Å². The lowest BCUT2D eigenvalue weighted by Crippen LogP contribution is -2.37. The molecule has 0 saturated carbocycles. The van der Waals surface area contributed by atoms with Crippen molar-refractivity contribution in [3.05, 3.63) is 56.5 Å². The quantitative estimate of drug-likeness (QED) is 0.533. The van der Waals surface area contributed by atoms with E-state index in [9.17, 15) is 4.79 Å². The highest BCUT2D eigenvalue weighted by Gasteiger charge is 2.10. The second kappa shape index (κ2) is 8.72. The Morgan fingerprint density at radius 3 is 2.44 bits per heavy atom. The molecule has 0 radical (unpaired) electrons. The largest absolute Gasteiger partial charge is 0.483 e. The van der Waals surface area contributed by atoms with E-state index in [0.717, 1.165) is 11.1 Å². The van der Waals surface area contributed by atoms with Crippen LogP contribution in [0.4, 0.5) is 5.69 Å². The van der Waals surface area contributed by atoms with E-state index in [0.29, 0.717) is 26.5 Å². The Bertz CT molecular complexity index is 828. The van der Waals surface area contributed by atoms with Crippen molar-refractivity contribution in [2.45, 2.75) is 13.8 Å². The zero-order valence-corrected chi connectivity index (χ0v) is 16.5. The summed E-state index contributed by atoms with van der Waals surface area (Å²) in [6.45, 7) is 3.74. The molecule has 0 spiro atoms. The molecule has 2 aromatic carbocycles. The number of amides is 1. The van der Waals surface area contributed by atoms with E-state index in [4.69, 9.17) is 51.8 Å². The summed E-state index contributed by atoms with van der Waals surface area (Å²) in [6, 6.07) is 8.73. The Morgan fingerprint density at radius 2 is 1.76 bits per heavy atom. The van der Waals surface area contributed by atoms with Gasteiger partial charge in [-0.3, -0.25) is 10.1 Å². The maximum absolute atomic E-state index is 12.0. The van der Waals surface area contributed by atoms with Crippen LogP contribution in [-0.2, 0) is 4.79 Å². The first-order valence-corrected chi connectivity index (χ1v) is 8.76. The van der Waals surface area contributed by atoms with Gasteiger partial charge in [-0.15, -0.1) is 0 Å². The molecule has 132 valence electrons. The number of thiocarbonyl (C=S) groups is 1. The Labute approximate surface area is 166 Å². The van der Waals surface area contributed by atoms with Crippen LogP contribution in [0.2, 0.25) is 15.1 Å². The number of hydrogen-bond acceptors (Lipinski definition) is 3. The number of nitrogens with one attached hydrogen (secondary N) is 2. The minimum Gasteiger partial charge on any atom is -0.483 e. The molecule has 0 aromatic heterocycles. The van der Waals surface area contributed by atoms with Crippen molar-refractivity contribution in [2.24, 2.45) is 0 Å². The van der Waals surface area contributed by atoms with Crippen molar-refractivity contribution in [2.75, 3.05) is 11.9 Å². The van der Waals surface area contributed by atoms with Crippen molar-refractivity contribution < 1.29 is 9.53 Å². The number of rotatable bonds is 4. The van der Waals surface area contributed by atoms with Gasteiger partial charge in [-0.1, -0.05) is 52.5 Å². The smallest absolute Gasteiger partial charge is 0.264 e. The lowest BCUT2D eigenvalue weighted by Gasteiger charge is -2.13. The fourth-order valence-corrected chi connectivity index (χ4v) is 2.86. The summed E-state index contributed by atoms with van der Waals surface area (Å²) in [7, 11) is 0. The number of anilines is 1. The predicted octanol–water partition coefficient (Wildman–Crippen LogP) is 5.16. The second-order valence-electron chi connectivity index (χ2n) is 5.31. The average molecular weight is 418 g/mol. The first-order chi connectivity index (χ1) is 11.8. The molecule has 1 amide bonds. The average Bonchev–Trinajstić information content (AvgIpc) is 2.51. The molecule has 2 N–H and O–H groups in total. The van der Waals surface area contributed by atoms with Gasteiger partial charge in [0.15, 0.2) is 11.7 Å². The lowest BCUT2D eigenvalue weighted by molar-refractivity contribution is -0.121.